The molecule has 300 valence electrons. The van der Waals surface area contributed by atoms with Gasteiger partial charge in [-0.2, -0.15) is 0 Å². The van der Waals surface area contributed by atoms with E-state index in [9.17, 15) is 14.4 Å². The van der Waals surface area contributed by atoms with Crippen molar-refractivity contribution < 1.29 is 28.6 Å². The van der Waals surface area contributed by atoms with E-state index in [1.54, 1.807) is 0 Å². The van der Waals surface area contributed by atoms with Gasteiger partial charge >= 0.3 is 0 Å². The molecule has 1 aliphatic heterocycles. The molecule has 0 radical (unpaired) electrons. The Balaban J connectivity index is 1.71. The minimum absolute atomic E-state index is 0.0507. The largest absolute Gasteiger partial charge is 0.377 e. The Kier molecular flexibility index (Phi) is 33.9. The van der Waals surface area contributed by atoms with Gasteiger partial charge in [0.2, 0.25) is 17.7 Å². The molecule has 1 rings (SSSR count). The van der Waals surface area contributed by atoms with Crippen molar-refractivity contribution in [2.24, 2.45) is 0 Å². The van der Waals surface area contributed by atoms with Crippen molar-refractivity contribution >= 4 is 17.7 Å². The third kappa shape index (κ3) is 32.6. The summed E-state index contributed by atoms with van der Waals surface area (Å²) in [5, 5.41) is 5.77. The molecular weight excluding hydrogens is 644 g/mol. The minimum atomic E-state index is -0.0507. The average molecular weight is 725 g/mol. The van der Waals surface area contributed by atoms with E-state index in [0.717, 1.165) is 39.0 Å². The quantitative estimate of drug-likeness (QED) is 0.0642. The van der Waals surface area contributed by atoms with Crippen LogP contribution >= 0.6 is 0 Å². The molecule has 1 aliphatic rings. The lowest BCUT2D eigenvalue weighted by atomic mass is 10.0. The van der Waals surface area contributed by atoms with Crippen LogP contribution in [-0.2, 0) is 28.6 Å². The molecule has 0 saturated carbocycles. The van der Waals surface area contributed by atoms with Crippen molar-refractivity contribution in [3.05, 3.63) is 0 Å². The van der Waals surface area contributed by atoms with Gasteiger partial charge in [-0.05, 0) is 19.9 Å². The van der Waals surface area contributed by atoms with Crippen LogP contribution in [0.2, 0.25) is 0 Å². The van der Waals surface area contributed by atoms with Gasteiger partial charge in [0.15, 0.2) is 0 Å². The molecule has 0 aromatic rings. The maximum atomic E-state index is 12.2. The predicted octanol–water partition coefficient (Wildman–Crippen LogP) is 7.42. The van der Waals surface area contributed by atoms with E-state index >= 15 is 0 Å². The molecule has 1 heterocycles. The second kappa shape index (κ2) is 36.6. The number of amides is 3. The number of carbonyl (C=O) groups is 3. The van der Waals surface area contributed by atoms with Crippen molar-refractivity contribution in [1.29, 1.82) is 0 Å². The Bertz CT molecular complexity index is 809. The first-order valence-corrected chi connectivity index (χ1v) is 21.3. The molecule has 2 N–H and O–H groups in total. The highest BCUT2D eigenvalue weighted by atomic mass is 16.5. The number of hydrogen-bond acceptors (Lipinski definition) is 7. The van der Waals surface area contributed by atoms with Gasteiger partial charge in [-0.3, -0.25) is 14.4 Å². The number of ether oxygens (including phenoxy) is 3. The van der Waals surface area contributed by atoms with Crippen LogP contribution in [0.3, 0.4) is 0 Å². The van der Waals surface area contributed by atoms with Gasteiger partial charge in [0.1, 0.15) is 0 Å². The van der Waals surface area contributed by atoms with Gasteiger partial charge in [0, 0.05) is 58.5 Å². The summed E-state index contributed by atoms with van der Waals surface area (Å²) in [5.74, 6) is 0.204. The summed E-state index contributed by atoms with van der Waals surface area (Å²) in [5.41, 5.74) is 0. The molecule has 10 heteroatoms. The first-order valence-electron chi connectivity index (χ1n) is 21.3. The predicted molar refractivity (Wildman–Crippen MR) is 209 cm³/mol. The van der Waals surface area contributed by atoms with Crippen LogP contribution in [0.5, 0.6) is 0 Å². The maximum absolute atomic E-state index is 12.2. The number of likely N-dealkylation sites (N-methyl/N-ethyl adjacent to an activating group) is 1. The number of nitrogens with zero attached hydrogens (tertiary/aromatic N) is 2. The maximum Gasteiger partial charge on any atom is 0.222 e. The van der Waals surface area contributed by atoms with E-state index in [2.05, 4.69) is 29.5 Å². The third-order valence-electron chi connectivity index (χ3n) is 9.79. The molecule has 51 heavy (non-hydrogen) atoms. The highest BCUT2D eigenvalue weighted by Gasteiger charge is 2.18. The lowest BCUT2D eigenvalue weighted by Gasteiger charge is -2.32. The Morgan fingerprint density at radius 1 is 0.451 bits per heavy atom. The van der Waals surface area contributed by atoms with E-state index < -0.39 is 0 Å². The Morgan fingerprint density at radius 2 is 0.804 bits per heavy atom. The van der Waals surface area contributed by atoms with Gasteiger partial charge < -0.3 is 34.6 Å². The molecule has 0 unspecified atom stereocenters. The number of rotatable bonds is 37. The smallest absolute Gasteiger partial charge is 0.222 e. The number of hydrogen-bond donors (Lipinski definition) is 2. The Morgan fingerprint density at radius 3 is 1.22 bits per heavy atom. The van der Waals surface area contributed by atoms with Crippen LogP contribution in [0.1, 0.15) is 161 Å². The van der Waals surface area contributed by atoms with Crippen molar-refractivity contribution in [1.82, 2.24) is 20.4 Å². The number of unbranched alkanes of at least 4 members (excludes halogenated alkanes) is 19. The molecule has 1 fully saturated rings. The lowest BCUT2D eigenvalue weighted by Crippen LogP contribution is -2.47. The standard InChI is InChI=1S/C41H80N4O6/c1-3-4-5-6-7-8-9-10-11-12-13-14-15-16-17-18-19-20-21-22-24-39(46)42-27-33-49-35-37-51-38-36-50-34-28-43-40(47)25-23-26-41(48)45-31-29-44(2)30-32-45/h3-38H2,1-2H3,(H,42,46)(H,43,47). The molecule has 0 atom stereocenters. The van der Waals surface area contributed by atoms with Crippen LogP contribution in [0.25, 0.3) is 0 Å². The fourth-order valence-electron chi connectivity index (χ4n) is 6.40. The average Bonchev–Trinajstić information content (AvgIpc) is 3.13. The van der Waals surface area contributed by atoms with E-state index in [0.29, 0.717) is 78.4 Å². The molecule has 3 amide bonds. The van der Waals surface area contributed by atoms with Crippen LogP contribution in [0.4, 0.5) is 0 Å². The van der Waals surface area contributed by atoms with Gasteiger partial charge in [0.05, 0.1) is 39.6 Å². The summed E-state index contributed by atoms with van der Waals surface area (Å²) in [6, 6.07) is 0. The summed E-state index contributed by atoms with van der Waals surface area (Å²) < 4.78 is 16.5. The Labute approximate surface area is 313 Å². The van der Waals surface area contributed by atoms with Crippen LogP contribution < -0.4 is 10.6 Å². The van der Waals surface area contributed by atoms with Crippen molar-refractivity contribution in [3.8, 4) is 0 Å². The summed E-state index contributed by atoms with van der Waals surface area (Å²) in [4.78, 5) is 40.4. The third-order valence-corrected chi connectivity index (χ3v) is 9.79. The second-order valence-electron chi connectivity index (χ2n) is 14.5. The van der Waals surface area contributed by atoms with Crippen LogP contribution in [0, 0.1) is 0 Å². The highest BCUT2D eigenvalue weighted by molar-refractivity contribution is 5.79. The normalized spacial score (nSPS) is 13.5. The molecule has 1 saturated heterocycles. The first-order chi connectivity index (χ1) is 25.0. The zero-order valence-electron chi connectivity index (χ0n) is 33.3. The summed E-state index contributed by atoms with van der Waals surface area (Å²) in [6.45, 7) is 9.38. The number of carbonyl (C=O) groups excluding carboxylic acids is 3. The molecule has 0 aliphatic carbocycles. The summed E-state index contributed by atoms with van der Waals surface area (Å²) in [7, 11) is 2.06. The zero-order valence-corrected chi connectivity index (χ0v) is 33.3. The monoisotopic (exact) mass is 725 g/mol. The highest BCUT2D eigenvalue weighted by Crippen LogP contribution is 2.15. The number of nitrogens with one attached hydrogen (secondary N) is 2. The second-order valence-corrected chi connectivity index (χ2v) is 14.5. The van der Waals surface area contributed by atoms with Gasteiger partial charge in [-0.25, -0.2) is 0 Å². The van der Waals surface area contributed by atoms with Crippen molar-refractivity contribution in [2.45, 2.75) is 161 Å². The van der Waals surface area contributed by atoms with Gasteiger partial charge in [-0.15, -0.1) is 0 Å². The van der Waals surface area contributed by atoms with E-state index in [4.69, 9.17) is 14.2 Å². The molecular formula is C41H80N4O6. The summed E-state index contributed by atoms with van der Waals surface area (Å²) >= 11 is 0. The fourth-order valence-corrected chi connectivity index (χ4v) is 6.40. The topological polar surface area (TPSA) is 109 Å². The number of piperazine rings is 1. The zero-order chi connectivity index (χ0) is 36.9. The molecule has 10 nitrogen and oxygen atoms in total. The lowest BCUT2D eigenvalue weighted by molar-refractivity contribution is -0.133. The molecule has 0 aromatic heterocycles. The van der Waals surface area contributed by atoms with Crippen molar-refractivity contribution in [2.75, 3.05) is 86.0 Å². The van der Waals surface area contributed by atoms with Gasteiger partial charge in [0.25, 0.3) is 0 Å². The Hall–Kier alpha value is -1.75. The minimum Gasteiger partial charge on any atom is -0.377 e. The molecule has 0 spiro atoms. The van der Waals surface area contributed by atoms with Crippen LogP contribution in [-0.4, -0.2) is 113 Å². The van der Waals surface area contributed by atoms with E-state index in [1.807, 2.05) is 4.90 Å². The fraction of sp³-hybridized carbons (Fsp3) is 0.927. The summed E-state index contributed by atoms with van der Waals surface area (Å²) in [6.07, 6.45) is 29.2. The van der Waals surface area contributed by atoms with E-state index in [1.165, 1.54) is 116 Å². The van der Waals surface area contributed by atoms with E-state index in [-0.39, 0.29) is 17.7 Å². The molecule has 0 bridgehead atoms. The van der Waals surface area contributed by atoms with Crippen molar-refractivity contribution in [3.63, 3.8) is 0 Å². The molecule has 0 aromatic carbocycles. The van der Waals surface area contributed by atoms with Crippen LogP contribution in [0.15, 0.2) is 0 Å². The first kappa shape index (κ1) is 47.3. The SMILES string of the molecule is CCCCCCCCCCCCCCCCCCCCCCC(=O)NCCOCCOCCOCCNC(=O)CCCC(=O)N1CCN(C)CC1. The van der Waals surface area contributed by atoms with Gasteiger partial charge in [-0.1, -0.05) is 129 Å².